The van der Waals surface area contributed by atoms with Crippen molar-refractivity contribution in [3.63, 3.8) is 0 Å². The second-order valence-corrected chi connectivity index (χ2v) is 7.04. The van der Waals surface area contributed by atoms with Crippen molar-refractivity contribution in [2.45, 2.75) is 6.04 Å². The van der Waals surface area contributed by atoms with Crippen molar-refractivity contribution in [1.82, 2.24) is 0 Å². The van der Waals surface area contributed by atoms with E-state index in [1.165, 1.54) is 23.1 Å². The molecule has 1 aliphatic heterocycles. The van der Waals surface area contributed by atoms with Crippen molar-refractivity contribution in [2.75, 3.05) is 32.8 Å². The Morgan fingerprint density at radius 1 is 1.19 bits per heavy atom. The van der Waals surface area contributed by atoms with Crippen LogP contribution >= 0.6 is 23.2 Å². The zero-order valence-corrected chi connectivity index (χ0v) is 15.6. The van der Waals surface area contributed by atoms with Crippen molar-refractivity contribution in [3.05, 3.63) is 63.4 Å². The summed E-state index contributed by atoms with van der Waals surface area (Å²) in [5.41, 5.74) is 1.49. The number of morpholine rings is 1. The lowest BCUT2D eigenvalue weighted by Crippen LogP contribution is -3.14. The highest BCUT2D eigenvalue weighted by Gasteiger charge is 2.26. The first-order valence-corrected chi connectivity index (χ1v) is 9.16. The number of aromatic hydroxyl groups is 1. The van der Waals surface area contributed by atoms with Crippen LogP contribution in [-0.4, -0.2) is 44.2 Å². The minimum absolute atomic E-state index is 0.0446. The highest BCUT2D eigenvalue weighted by molar-refractivity contribution is 6.36. The zero-order chi connectivity index (χ0) is 18.5. The second-order valence-electron chi connectivity index (χ2n) is 6.19. The van der Waals surface area contributed by atoms with Crippen molar-refractivity contribution < 1.29 is 19.1 Å². The minimum Gasteiger partial charge on any atom is -0.506 e. The summed E-state index contributed by atoms with van der Waals surface area (Å²) in [6, 6.07) is 9.70. The van der Waals surface area contributed by atoms with Crippen molar-refractivity contribution >= 4 is 29.4 Å². The van der Waals surface area contributed by atoms with E-state index in [9.17, 15) is 9.50 Å². The predicted octanol–water partition coefficient (Wildman–Crippen LogP) is 2.91. The van der Waals surface area contributed by atoms with Crippen molar-refractivity contribution in [2.24, 2.45) is 4.99 Å². The van der Waals surface area contributed by atoms with Crippen LogP contribution in [0.2, 0.25) is 10.0 Å². The average Bonchev–Trinajstić information content (AvgIpc) is 2.64. The number of halogens is 3. The van der Waals surface area contributed by atoms with Crippen LogP contribution < -0.4 is 4.90 Å². The van der Waals surface area contributed by atoms with Crippen LogP contribution in [0.4, 0.5) is 4.39 Å². The first-order valence-electron chi connectivity index (χ1n) is 8.40. The molecule has 3 rings (SSSR count). The number of benzene rings is 2. The van der Waals surface area contributed by atoms with Gasteiger partial charge in [-0.05, 0) is 24.3 Å². The molecule has 0 saturated carbocycles. The summed E-state index contributed by atoms with van der Waals surface area (Å²) in [6.45, 7) is 3.62. The monoisotopic (exact) mass is 397 g/mol. The highest BCUT2D eigenvalue weighted by atomic mass is 35.5. The normalized spacial score (nSPS) is 16.9. The van der Waals surface area contributed by atoms with Gasteiger partial charge in [0.25, 0.3) is 0 Å². The fraction of sp³-hybridized carbons (Fsp3) is 0.316. The number of ether oxygens (including phenoxy) is 1. The molecular weight excluding hydrogens is 378 g/mol. The average molecular weight is 398 g/mol. The van der Waals surface area contributed by atoms with E-state index in [-0.39, 0.29) is 22.6 Å². The maximum Gasteiger partial charge on any atom is 0.143 e. The van der Waals surface area contributed by atoms with E-state index in [0.29, 0.717) is 30.3 Å². The van der Waals surface area contributed by atoms with Crippen LogP contribution in [0.1, 0.15) is 17.2 Å². The highest BCUT2D eigenvalue weighted by Crippen LogP contribution is 2.30. The quantitative estimate of drug-likeness (QED) is 0.761. The van der Waals surface area contributed by atoms with Gasteiger partial charge in [0, 0.05) is 22.4 Å². The van der Waals surface area contributed by atoms with E-state index < -0.39 is 0 Å². The van der Waals surface area contributed by atoms with Crippen LogP contribution in [0.3, 0.4) is 0 Å². The van der Waals surface area contributed by atoms with Gasteiger partial charge in [-0.15, -0.1) is 0 Å². The molecule has 138 valence electrons. The summed E-state index contributed by atoms with van der Waals surface area (Å²) < 4.78 is 18.7. The van der Waals surface area contributed by atoms with Gasteiger partial charge in [0.05, 0.1) is 24.8 Å². The second kappa shape index (κ2) is 8.82. The van der Waals surface area contributed by atoms with Crippen LogP contribution in [0, 0.1) is 5.82 Å². The number of quaternary nitrogens is 1. The third kappa shape index (κ3) is 4.74. The molecule has 0 aliphatic carbocycles. The number of nitrogens with zero attached hydrogens (tertiary/aromatic N) is 1. The lowest BCUT2D eigenvalue weighted by atomic mass is 10.0. The predicted molar refractivity (Wildman–Crippen MR) is 101 cm³/mol. The van der Waals surface area contributed by atoms with E-state index in [1.54, 1.807) is 24.4 Å². The Balaban J connectivity index is 1.80. The number of rotatable bonds is 5. The molecule has 0 aromatic heterocycles. The zero-order valence-electron chi connectivity index (χ0n) is 14.1. The third-order valence-electron chi connectivity index (χ3n) is 4.48. The van der Waals surface area contributed by atoms with Crippen LogP contribution in [0.5, 0.6) is 5.75 Å². The van der Waals surface area contributed by atoms with Crippen LogP contribution in [0.15, 0.2) is 41.4 Å². The summed E-state index contributed by atoms with van der Waals surface area (Å²) >= 11 is 11.9. The molecule has 1 saturated heterocycles. The van der Waals surface area contributed by atoms with Crippen LogP contribution in [0.25, 0.3) is 0 Å². The van der Waals surface area contributed by atoms with E-state index in [2.05, 4.69) is 4.99 Å². The lowest BCUT2D eigenvalue weighted by molar-refractivity contribution is -0.937. The largest absolute Gasteiger partial charge is 0.506 e. The number of phenols is 1. The molecule has 0 unspecified atom stereocenters. The minimum atomic E-state index is -0.258. The molecule has 1 atom stereocenters. The Labute approximate surface area is 161 Å². The molecule has 0 amide bonds. The maximum atomic E-state index is 13.3. The first-order chi connectivity index (χ1) is 12.5. The maximum absolute atomic E-state index is 13.3. The number of hydrogen-bond donors (Lipinski definition) is 2. The summed E-state index contributed by atoms with van der Waals surface area (Å²) in [7, 11) is 0. The Morgan fingerprint density at radius 3 is 2.58 bits per heavy atom. The number of phenolic OH excluding ortho intramolecular Hbond substituents is 1. The molecule has 0 bridgehead atoms. The van der Waals surface area contributed by atoms with Gasteiger partial charge in [0.2, 0.25) is 0 Å². The molecule has 26 heavy (non-hydrogen) atoms. The summed E-state index contributed by atoms with van der Waals surface area (Å²) in [4.78, 5) is 5.84. The van der Waals surface area contributed by atoms with E-state index in [4.69, 9.17) is 27.9 Å². The third-order valence-corrected chi connectivity index (χ3v) is 4.98. The van der Waals surface area contributed by atoms with E-state index in [0.717, 1.165) is 18.7 Å². The van der Waals surface area contributed by atoms with E-state index in [1.807, 2.05) is 0 Å². The molecule has 2 aromatic carbocycles. The summed E-state index contributed by atoms with van der Waals surface area (Å²) in [6.07, 6.45) is 1.57. The fourth-order valence-electron chi connectivity index (χ4n) is 3.09. The Morgan fingerprint density at radius 2 is 1.88 bits per heavy atom. The molecule has 0 spiro atoms. The standard InChI is InChI=1S/C19H19Cl2FN2O2/c20-15-9-14(19(25)17(21)10-15)11-23-12-18(24-5-7-26-8-6-24)13-1-3-16(22)4-2-13/h1-4,9-11,18,25H,5-8,12H2/p+1/t18-/m0/s1. The van der Waals surface area contributed by atoms with E-state index >= 15 is 0 Å². The molecular formula is C19H20Cl2FN2O2+. The molecule has 2 N–H and O–H groups in total. The molecule has 1 fully saturated rings. The number of aliphatic imine (C=N–C) groups is 1. The van der Waals surface area contributed by atoms with Gasteiger partial charge in [-0.25, -0.2) is 4.39 Å². The topological polar surface area (TPSA) is 46.3 Å². The number of nitrogens with one attached hydrogen (secondary N) is 1. The molecule has 0 radical (unpaired) electrons. The van der Waals surface area contributed by atoms with Gasteiger partial charge in [-0.2, -0.15) is 0 Å². The Kier molecular flexibility index (Phi) is 6.48. The Hall–Kier alpha value is -1.66. The van der Waals surface area contributed by atoms with Gasteiger partial charge in [-0.1, -0.05) is 35.3 Å². The van der Waals surface area contributed by atoms with Gasteiger partial charge in [0.1, 0.15) is 30.7 Å². The van der Waals surface area contributed by atoms with Crippen molar-refractivity contribution in [1.29, 1.82) is 0 Å². The summed E-state index contributed by atoms with van der Waals surface area (Å²) in [5.74, 6) is -0.302. The summed E-state index contributed by atoms with van der Waals surface area (Å²) in [5, 5.41) is 10.7. The molecule has 1 heterocycles. The Bertz CT molecular complexity index is 778. The molecule has 4 nitrogen and oxygen atoms in total. The SMILES string of the molecule is Oc1c(Cl)cc(Cl)cc1C=NC[C@@H](c1ccc(F)cc1)[NH+]1CCOCC1. The molecule has 2 aromatic rings. The van der Waals surface area contributed by atoms with Gasteiger partial charge in [-0.3, -0.25) is 4.99 Å². The lowest BCUT2D eigenvalue weighted by Gasteiger charge is -2.31. The van der Waals surface area contributed by atoms with Gasteiger partial charge >= 0.3 is 0 Å². The van der Waals surface area contributed by atoms with Gasteiger partial charge in [0.15, 0.2) is 0 Å². The van der Waals surface area contributed by atoms with Gasteiger partial charge < -0.3 is 14.7 Å². The number of hydrogen-bond acceptors (Lipinski definition) is 3. The first kappa shape index (κ1) is 19.1. The molecule has 1 aliphatic rings. The smallest absolute Gasteiger partial charge is 0.143 e. The fourth-order valence-corrected chi connectivity index (χ4v) is 3.60. The molecule has 7 heteroatoms. The van der Waals surface area contributed by atoms with Crippen LogP contribution in [-0.2, 0) is 4.74 Å². The van der Waals surface area contributed by atoms with Crippen molar-refractivity contribution in [3.8, 4) is 5.75 Å².